The predicted octanol–water partition coefficient (Wildman–Crippen LogP) is 2.46. The molecule has 0 spiro atoms. The third-order valence-electron chi connectivity index (χ3n) is 4.33. The average molecular weight is 302 g/mol. The summed E-state index contributed by atoms with van der Waals surface area (Å²) in [7, 11) is 0. The molecule has 0 bridgehead atoms. The monoisotopic (exact) mass is 302 g/mol. The quantitative estimate of drug-likeness (QED) is 0.860. The highest BCUT2D eigenvalue weighted by molar-refractivity contribution is 5.90. The Morgan fingerprint density at radius 1 is 1.36 bits per heavy atom. The Morgan fingerprint density at radius 3 is 3.14 bits per heavy atom. The largest absolute Gasteiger partial charge is 0.384 e. The number of nitrogens with zero attached hydrogens (tertiary/aromatic N) is 2. The van der Waals surface area contributed by atoms with Crippen molar-refractivity contribution in [1.82, 2.24) is 9.88 Å². The number of halogens is 1. The fraction of sp³-hybridized carbons (Fsp3) is 0.471. The molecule has 5 heteroatoms. The molecular weight excluding hydrogens is 279 g/mol. The molecule has 1 aliphatic heterocycles. The van der Waals surface area contributed by atoms with E-state index in [1.54, 1.807) is 12.3 Å². The van der Waals surface area contributed by atoms with Gasteiger partial charge >= 0.3 is 0 Å². The lowest BCUT2D eigenvalue weighted by atomic mass is 10.1. The number of benzene rings is 1. The Labute approximate surface area is 130 Å². The average Bonchev–Trinajstić information content (AvgIpc) is 2.98. The van der Waals surface area contributed by atoms with Crippen LogP contribution in [0.2, 0.25) is 0 Å². The molecule has 22 heavy (non-hydrogen) atoms. The van der Waals surface area contributed by atoms with E-state index in [0.717, 1.165) is 50.2 Å². The molecule has 0 saturated carbocycles. The number of anilines is 1. The van der Waals surface area contributed by atoms with E-state index in [2.05, 4.69) is 15.2 Å². The zero-order valence-electron chi connectivity index (χ0n) is 12.8. The maximum atomic E-state index is 13.3. The molecule has 2 aromatic rings. The second kappa shape index (κ2) is 7.03. The molecule has 4 nitrogen and oxygen atoms in total. The summed E-state index contributed by atoms with van der Waals surface area (Å²) in [4.78, 5) is 6.71. The van der Waals surface area contributed by atoms with Crippen molar-refractivity contribution in [2.24, 2.45) is 11.7 Å². The minimum atomic E-state index is -0.247. The summed E-state index contributed by atoms with van der Waals surface area (Å²) in [6.45, 7) is 5.10. The first-order chi connectivity index (χ1) is 10.8. The van der Waals surface area contributed by atoms with E-state index in [1.807, 2.05) is 6.07 Å². The van der Waals surface area contributed by atoms with Gasteiger partial charge in [-0.05, 0) is 56.6 Å². The standard InChI is InChI=1S/C17H23FN4/c18-14-2-3-15-16(4-7-20-17(15)10-14)21-11-13-5-9-22(12-13)8-1-6-19/h2-4,7,10,13H,1,5-6,8-9,11-12,19H2,(H,20,21). The van der Waals surface area contributed by atoms with E-state index in [1.165, 1.54) is 18.6 Å². The van der Waals surface area contributed by atoms with Gasteiger partial charge in [0.2, 0.25) is 0 Å². The first kappa shape index (κ1) is 15.2. The van der Waals surface area contributed by atoms with Crippen molar-refractivity contribution in [2.45, 2.75) is 12.8 Å². The van der Waals surface area contributed by atoms with Gasteiger partial charge in [-0.1, -0.05) is 0 Å². The van der Waals surface area contributed by atoms with Gasteiger partial charge in [0, 0.05) is 36.4 Å². The summed E-state index contributed by atoms with van der Waals surface area (Å²) in [5, 5.41) is 4.49. The smallest absolute Gasteiger partial charge is 0.125 e. The molecule has 1 atom stereocenters. The van der Waals surface area contributed by atoms with Gasteiger partial charge < -0.3 is 16.0 Å². The molecule has 3 N–H and O–H groups in total. The first-order valence-electron chi connectivity index (χ1n) is 7.97. The number of nitrogens with two attached hydrogens (primary N) is 1. The topological polar surface area (TPSA) is 54.2 Å². The van der Waals surface area contributed by atoms with Crippen molar-refractivity contribution in [2.75, 3.05) is 38.0 Å². The van der Waals surface area contributed by atoms with Gasteiger partial charge in [0.25, 0.3) is 0 Å². The highest BCUT2D eigenvalue weighted by Gasteiger charge is 2.21. The van der Waals surface area contributed by atoms with Gasteiger partial charge in [-0.2, -0.15) is 0 Å². The predicted molar refractivity (Wildman–Crippen MR) is 88.4 cm³/mol. The van der Waals surface area contributed by atoms with Crippen LogP contribution in [0, 0.1) is 11.7 Å². The minimum Gasteiger partial charge on any atom is -0.384 e. The summed E-state index contributed by atoms with van der Waals surface area (Å²) in [6, 6.07) is 6.72. The zero-order valence-corrected chi connectivity index (χ0v) is 12.8. The van der Waals surface area contributed by atoms with E-state index >= 15 is 0 Å². The fourth-order valence-electron chi connectivity index (χ4n) is 3.13. The van der Waals surface area contributed by atoms with E-state index in [4.69, 9.17) is 5.73 Å². The molecule has 0 amide bonds. The van der Waals surface area contributed by atoms with Crippen molar-refractivity contribution in [3.8, 4) is 0 Å². The maximum Gasteiger partial charge on any atom is 0.125 e. The van der Waals surface area contributed by atoms with Crippen LogP contribution in [0.1, 0.15) is 12.8 Å². The highest BCUT2D eigenvalue weighted by Crippen LogP contribution is 2.24. The molecule has 3 rings (SSSR count). The number of hydrogen-bond donors (Lipinski definition) is 2. The van der Waals surface area contributed by atoms with Gasteiger partial charge in [-0.15, -0.1) is 0 Å². The molecule has 1 fully saturated rings. The molecular formula is C17H23FN4. The summed E-state index contributed by atoms with van der Waals surface area (Å²) in [5.41, 5.74) is 7.30. The summed E-state index contributed by atoms with van der Waals surface area (Å²) in [6.07, 6.45) is 4.02. The molecule has 2 heterocycles. The Morgan fingerprint density at radius 2 is 2.27 bits per heavy atom. The summed E-state index contributed by atoms with van der Waals surface area (Å²) in [5.74, 6) is 0.407. The Bertz CT molecular complexity index is 631. The van der Waals surface area contributed by atoms with E-state index in [0.29, 0.717) is 11.4 Å². The Kier molecular flexibility index (Phi) is 4.85. The number of fused-ring (bicyclic) bond motifs is 1. The van der Waals surface area contributed by atoms with Crippen LogP contribution in [0.3, 0.4) is 0 Å². The van der Waals surface area contributed by atoms with Crippen LogP contribution >= 0.6 is 0 Å². The lowest BCUT2D eigenvalue weighted by Gasteiger charge is -2.16. The van der Waals surface area contributed by atoms with Crippen molar-refractivity contribution in [1.29, 1.82) is 0 Å². The third kappa shape index (κ3) is 3.54. The van der Waals surface area contributed by atoms with E-state index in [9.17, 15) is 4.39 Å². The molecule has 1 aromatic heterocycles. The maximum absolute atomic E-state index is 13.3. The van der Waals surface area contributed by atoms with Gasteiger partial charge in [0.05, 0.1) is 5.52 Å². The van der Waals surface area contributed by atoms with Crippen LogP contribution in [-0.4, -0.2) is 42.6 Å². The van der Waals surface area contributed by atoms with Crippen molar-refractivity contribution >= 4 is 16.6 Å². The summed E-state index contributed by atoms with van der Waals surface area (Å²) >= 11 is 0. The number of pyridine rings is 1. The van der Waals surface area contributed by atoms with Gasteiger partial charge in [-0.25, -0.2) is 4.39 Å². The van der Waals surface area contributed by atoms with Crippen LogP contribution in [0.5, 0.6) is 0 Å². The normalized spacial score (nSPS) is 18.9. The Hall–Kier alpha value is -1.72. The molecule has 1 aromatic carbocycles. The number of likely N-dealkylation sites (tertiary alicyclic amines) is 1. The second-order valence-corrected chi connectivity index (χ2v) is 6.00. The lowest BCUT2D eigenvalue weighted by Crippen LogP contribution is -2.25. The lowest BCUT2D eigenvalue weighted by molar-refractivity contribution is 0.324. The SMILES string of the molecule is NCCCN1CCC(CNc2ccnc3cc(F)ccc23)C1. The summed E-state index contributed by atoms with van der Waals surface area (Å²) < 4.78 is 13.3. The molecule has 1 aliphatic rings. The van der Waals surface area contributed by atoms with Gasteiger partial charge in [0.15, 0.2) is 0 Å². The third-order valence-corrected chi connectivity index (χ3v) is 4.33. The molecule has 1 saturated heterocycles. The highest BCUT2D eigenvalue weighted by atomic mass is 19.1. The first-order valence-corrected chi connectivity index (χ1v) is 7.97. The van der Waals surface area contributed by atoms with Gasteiger partial charge in [0.1, 0.15) is 5.82 Å². The van der Waals surface area contributed by atoms with Crippen molar-refractivity contribution in [3.05, 3.63) is 36.3 Å². The molecule has 0 aliphatic carbocycles. The fourth-order valence-corrected chi connectivity index (χ4v) is 3.13. The zero-order chi connectivity index (χ0) is 15.4. The molecule has 0 radical (unpaired) electrons. The van der Waals surface area contributed by atoms with Crippen molar-refractivity contribution < 1.29 is 4.39 Å². The van der Waals surface area contributed by atoms with Gasteiger partial charge in [-0.3, -0.25) is 4.98 Å². The molecule has 1 unspecified atom stereocenters. The van der Waals surface area contributed by atoms with Crippen LogP contribution in [-0.2, 0) is 0 Å². The van der Waals surface area contributed by atoms with Crippen LogP contribution in [0.25, 0.3) is 10.9 Å². The van der Waals surface area contributed by atoms with Crippen LogP contribution in [0.15, 0.2) is 30.5 Å². The number of rotatable bonds is 6. The molecule has 118 valence electrons. The number of aromatic nitrogens is 1. The number of hydrogen-bond acceptors (Lipinski definition) is 4. The van der Waals surface area contributed by atoms with Crippen LogP contribution < -0.4 is 11.1 Å². The van der Waals surface area contributed by atoms with Crippen LogP contribution in [0.4, 0.5) is 10.1 Å². The van der Waals surface area contributed by atoms with Crippen molar-refractivity contribution in [3.63, 3.8) is 0 Å². The second-order valence-electron chi connectivity index (χ2n) is 6.00. The van der Waals surface area contributed by atoms with E-state index < -0.39 is 0 Å². The number of nitrogens with one attached hydrogen (secondary N) is 1. The van der Waals surface area contributed by atoms with E-state index in [-0.39, 0.29) is 5.82 Å². The Balaban J connectivity index is 1.60. The minimum absolute atomic E-state index is 0.247.